The summed E-state index contributed by atoms with van der Waals surface area (Å²) in [4.78, 5) is 0.489. The van der Waals surface area contributed by atoms with Crippen molar-refractivity contribution in [3.05, 3.63) is 23.5 Å². The average molecular weight is 202 g/mol. The Morgan fingerprint density at radius 2 is 2.23 bits per heavy atom. The van der Waals surface area contributed by atoms with Crippen LogP contribution in [0.4, 0.5) is 4.39 Å². The molecule has 0 heterocycles. The maximum atomic E-state index is 13.4. The van der Waals surface area contributed by atoms with Crippen molar-refractivity contribution in [1.82, 2.24) is 0 Å². The molecule has 13 heavy (non-hydrogen) atoms. The van der Waals surface area contributed by atoms with Gasteiger partial charge in [0.15, 0.2) is 0 Å². The van der Waals surface area contributed by atoms with E-state index in [0.29, 0.717) is 10.6 Å². The Morgan fingerprint density at radius 3 is 2.69 bits per heavy atom. The third-order valence-corrected chi connectivity index (χ3v) is 2.45. The molecule has 0 saturated heterocycles. The number of methoxy groups -OCH3 is 1. The summed E-state index contributed by atoms with van der Waals surface area (Å²) in [7, 11) is 1.51. The number of thioether (sulfide) groups is 1. The molecule has 1 N–H and O–H groups in total. The number of benzene rings is 1. The lowest BCUT2D eigenvalue weighted by Crippen LogP contribution is -1.94. The van der Waals surface area contributed by atoms with Crippen LogP contribution in [0.1, 0.15) is 5.56 Å². The highest BCUT2D eigenvalue weighted by molar-refractivity contribution is 7.98. The minimum absolute atomic E-state index is 0.267. The monoisotopic (exact) mass is 202 g/mol. The molecule has 0 bridgehead atoms. The van der Waals surface area contributed by atoms with Crippen LogP contribution in [0, 0.1) is 5.82 Å². The maximum absolute atomic E-state index is 13.4. The molecule has 0 spiro atoms. The average Bonchev–Trinajstić information content (AvgIpc) is 2.18. The highest BCUT2D eigenvalue weighted by Gasteiger charge is 2.09. The largest absolute Gasteiger partial charge is 0.497 e. The van der Waals surface area contributed by atoms with Crippen molar-refractivity contribution >= 4 is 11.8 Å². The van der Waals surface area contributed by atoms with E-state index in [1.807, 2.05) is 0 Å². The third-order valence-electron chi connectivity index (χ3n) is 1.71. The van der Waals surface area contributed by atoms with Crippen LogP contribution in [0.15, 0.2) is 17.0 Å². The zero-order valence-corrected chi connectivity index (χ0v) is 8.32. The summed E-state index contributed by atoms with van der Waals surface area (Å²) in [6.45, 7) is -0.309. The van der Waals surface area contributed by atoms with Gasteiger partial charge >= 0.3 is 0 Å². The lowest BCUT2D eigenvalue weighted by atomic mass is 10.2. The highest BCUT2D eigenvalue weighted by atomic mass is 32.2. The summed E-state index contributed by atoms with van der Waals surface area (Å²) in [6, 6.07) is 3.11. The molecule has 4 heteroatoms. The van der Waals surface area contributed by atoms with E-state index in [4.69, 9.17) is 9.84 Å². The molecule has 0 fully saturated rings. The normalized spacial score (nSPS) is 10.2. The highest BCUT2D eigenvalue weighted by Crippen LogP contribution is 2.27. The first-order valence-corrected chi connectivity index (χ1v) is 4.96. The minimum Gasteiger partial charge on any atom is -0.497 e. The fraction of sp³-hybridized carbons (Fsp3) is 0.333. The molecule has 0 aliphatic heterocycles. The van der Waals surface area contributed by atoms with Crippen LogP contribution >= 0.6 is 11.8 Å². The second kappa shape index (κ2) is 4.48. The molecular weight excluding hydrogens is 191 g/mol. The molecule has 1 aromatic carbocycles. The van der Waals surface area contributed by atoms with Gasteiger partial charge in [-0.3, -0.25) is 0 Å². The predicted octanol–water partition coefficient (Wildman–Crippen LogP) is 2.05. The van der Waals surface area contributed by atoms with E-state index in [-0.39, 0.29) is 18.0 Å². The Hall–Kier alpha value is -0.740. The van der Waals surface area contributed by atoms with Crippen LogP contribution in [-0.2, 0) is 6.61 Å². The van der Waals surface area contributed by atoms with Crippen LogP contribution in [0.5, 0.6) is 5.75 Å². The molecule has 1 rings (SSSR count). The smallest absolute Gasteiger partial charge is 0.142 e. The van der Waals surface area contributed by atoms with Gasteiger partial charge in [0.2, 0.25) is 0 Å². The summed E-state index contributed by atoms with van der Waals surface area (Å²) >= 11 is 1.29. The van der Waals surface area contributed by atoms with Crippen LogP contribution < -0.4 is 4.74 Å². The first kappa shape index (κ1) is 10.3. The third kappa shape index (κ3) is 2.14. The molecular formula is C9H11FO2S. The second-order valence-electron chi connectivity index (χ2n) is 2.46. The van der Waals surface area contributed by atoms with Gasteiger partial charge in [-0.05, 0) is 18.4 Å². The lowest BCUT2D eigenvalue weighted by Gasteiger charge is -2.07. The van der Waals surface area contributed by atoms with E-state index in [1.54, 1.807) is 12.3 Å². The molecule has 0 unspecified atom stereocenters. The number of halogens is 1. The topological polar surface area (TPSA) is 29.5 Å². The van der Waals surface area contributed by atoms with E-state index in [0.717, 1.165) is 0 Å². The standard InChI is InChI=1S/C9H11FO2S/c1-12-7-3-6(5-11)9(10)8(4-7)13-2/h3-4,11H,5H2,1-2H3. The van der Waals surface area contributed by atoms with Gasteiger partial charge in [-0.1, -0.05) is 0 Å². The van der Waals surface area contributed by atoms with E-state index in [9.17, 15) is 4.39 Å². The molecule has 72 valence electrons. The molecule has 1 aromatic rings. The van der Waals surface area contributed by atoms with Crippen molar-refractivity contribution in [2.24, 2.45) is 0 Å². The van der Waals surface area contributed by atoms with Gasteiger partial charge in [-0.25, -0.2) is 4.39 Å². The van der Waals surface area contributed by atoms with Gasteiger partial charge in [0.25, 0.3) is 0 Å². The summed E-state index contributed by atoms with van der Waals surface area (Å²) in [5, 5.41) is 8.85. The second-order valence-corrected chi connectivity index (χ2v) is 3.31. The van der Waals surface area contributed by atoms with E-state index < -0.39 is 0 Å². The Balaban J connectivity index is 3.20. The molecule has 0 aliphatic rings. The lowest BCUT2D eigenvalue weighted by molar-refractivity contribution is 0.273. The zero-order chi connectivity index (χ0) is 9.84. The Kier molecular flexibility index (Phi) is 3.57. The van der Waals surface area contributed by atoms with Crippen LogP contribution in [0.2, 0.25) is 0 Å². The first-order valence-electron chi connectivity index (χ1n) is 3.74. The van der Waals surface area contributed by atoms with Crippen LogP contribution in [0.25, 0.3) is 0 Å². The molecule has 0 saturated carbocycles. The Bertz CT molecular complexity index is 277. The molecule has 2 nitrogen and oxygen atoms in total. The van der Waals surface area contributed by atoms with Crippen molar-refractivity contribution in [3.8, 4) is 5.75 Å². The Labute approximate surface area is 80.7 Å². The fourth-order valence-electron chi connectivity index (χ4n) is 1.01. The van der Waals surface area contributed by atoms with Crippen molar-refractivity contribution in [1.29, 1.82) is 0 Å². The Morgan fingerprint density at radius 1 is 1.54 bits per heavy atom. The number of aliphatic hydroxyl groups is 1. The van der Waals surface area contributed by atoms with E-state index in [1.165, 1.54) is 24.9 Å². The summed E-state index contributed by atoms with van der Waals surface area (Å²) in [5.74, 6) is 0.200. The SMILES string of the molecule is COc1cc(CO)c(F)c(SC)c1. The maximum Gasteiger partial charge on any atom is 0.142 e. The fourth-order valence-corrected chi connectivity index (χ4v) is 1.55. The van der Waals surface area contributed by atoms with Gasteiger partial charge in [-0.15, -0.1) is 11.8 Å². The number of hydrogen-bond donors (Lipinski definition) is 1. The van der Waals surface area contributed by atoms with Gasteiger partial charge < -0.3 is 9.84 Å². The summed E-state index contributed by atoms with van der Waals surface area (Å²) < 4.78 is 18.3. The number of hydrogen-bond acceptors (Lipinski definition) is 3. The quantitative estimate of drug-likeness (QED) is 0.761. The van der Waals surface area contributed by atoms with Crippen molar-refractivity contribution in [2.45, 2.75) is 11.5 Å². The van der Waals surface area contributed by atoms with Crippen molar-refractivity contribution < 1.29 is 14.2 Å². The molecule has 0 amide bonds. The minimum atomic E-state index is -0.365. The van der Waals surface area contributed by atoms with Gasteiger partial charge in [-0.2, -0.15) is 0 Å². The number of rotatable bonds is 3. The summed E-state index contributed by atoms with van der Waals surface area (Å²) in [5.41, 5.74) is 0.267. The van der Waals surface area contributed by atoms with Crippen LogP contribution in [0.3, 0.4) is 0 Å². The van der Waals surface area contributed by atoms with Crippen LogP contribution in [-0.4, -0.2) is 18.5 Å². The number of aliphatic hydroxyl groups excluding tert-OH is 1. The van der Waals surface area contributed by atoms with Crippen molar-refractivity contribution in [2.75, 3.05) is 13.4 Å². The molecule has 0 aromatic heterocycles. The number of ether oxygens (including phenoxy) is 1. The zero-order valence-electron chi connectivity index (χ0n) is 7.50. The predicted molar refractivity (Wildman–Crippen MR) is 50.7 cm³/mol. The van der Waals surface area contributed by atoms with E-state index in [2.05, 4.69) is 0 Å². The van der Waals surface area contributed by atoms with E-state index >= 15 is 0 Å². The van der Waals surface area contributed by atoms with Gasteiger partial charge in [0, 0.05) is 10.5 Å². The molecule has 0 radical (unpaired) electrons. The van der Waals surface area contributed by atoms with Gasteiger partial charge in [0.1, 0.15) is 11.6 Å². The first-order chi connectivity index (χ1) is 6.22. The summed E-state index contributed by atoms with van der Waals surface area (Å²) in [6.07, 6.45) is 1.78. The van der Waals surface area contributed by atoms with Gasteiger partial charge in [0.05, 0.1) is 13.7 Å². The molecule has 0 atom stereocenters. The van der Waals surface area contributed by atoms with Crippen molar-refractivity contribution in [3.63, 3.8) is 0 Å². The molecule has 0 aliphatic carbocycles.